The lowest BCUT2D eigenvalue weighted by Gasteiger charge is -2.28. The minimum Gasteiger partial charge on any atom is -0.477 e. The molecule has 1 aliphatic heterocycles. The number of rotatable bonds is 5. The number of fused-ring (bicyclic) bond motifs is 1. The molecule has 2 unspecified atom stereocenters. The number of H-pyrrole nitrogens is 1. The highest BCUT2D eigenvalue weighted by atomic mass is 16.5. The summed E-state index contributed by atoms with van der Waals surface area (Å²) in [5, 5.41) is 8.75. The molecule has 3 aromatic rings. The molecule has 2 N–H and O–H groups in total. The van der Waals surface area contributed by atoms with Crippen molar-refractivity contribution in [1.82, 2.24) is 24.7 Å². The number of anilines is 2. The lowest BCUT2D eigenvalue weighted by molar-refractivity contribution is 0.00313. The Bertz CT molecular complexity index is 902. The monoisotopic (exact) mass is 356 g/mol. The first-order valence-corrected chi connectivity index (χ1v) is 9.06. The van der Waals surface area contributed by atoms with E-state index in [1.54, 1.807) is 0 Å². The van der Waals surface area contributed by atoms with Crippen molar-refractivity contribution in [2.75, 3.05) is 18.5 Å². The van der Waals surface area contributed by atoms with E-state index in [2.05, 4.69) is 43.9 Å². The average Bonchev–Trinajstić information content (AvgIpc) is 3.23. The van der Waals surface area contributed by atoms with E-state index in [-0.39, 0.29) is 6.10 Å². The van der Waals surface area contributed by atoms with E-state index in [0.29, 0.717) is 24.5 Å². The van der Waals surface area contributed by atoms with E-state index in [1.165, 1.54) is 0 Å². The van der Waals surface area contributed by atoms with Crippen LogP contribution < -0.4 is 10.1 Å². The zero-order valence-electron chi connectivity index (χ0n) is 15.3. The summed E-state index contributed by atoms with van der Waals surface area (Å²) in [6.45, 7) is 7.44. The highest BCUT2D eigenvalue weighted by Gasteiger charge is 2.23. The topological polar surface area (TPSA) is 89.9 Å². The molecule has 1 fully saturated rings. The molecule has 0 aromatic carbocycles. The number of ether oxygens (including phenoxy) is 2. The second kappa shape index (κ2) is 6.95. The van der Waals surface area contributed by atoms with E-state index in [1.807, 2.05) is 25.4 Å². The first-order valence-electron chi connectivity index (χ1n) is 9.06. The van der Waals surface area contributed by atoms with Gasteiger partial charge in [-0.25, -0.2) is 0 Å². The maximum atomic E-state index is 5.65. The molecule has 1 saturated heterocycles. The fourth-order valence-electron chi connectivity index (χ4n) is 3.45. The minimum atomic E-state index is 0.265. The summed E-state index contributed by atoms with van der Waals surface area (Å²) < 4.78 is 13.4. The Labute approximate surface area is 151 Å². The van der Waals surface area contributed by atoms with Gasteiger partial charge in [-0.3, -0.25) is 4.68 Å². The van der Waals surface area contributed by atoms with Crippen LogP contribution in [0, 0.1) is 6.92 Å². The standard InChI is InChI=1S/C18H24N6O2/c1-4-25-17-14-5-7-19-16(14)22-18(23-17)21-15-10-20-24(12(15)3)13-6-8-26-11(2)9-13/h5,7,10-11,13H,4,6,8-9H2,1-3H3,(H2,19,21,22,23). The zero-order chi connectivity index (χ0) is 18.1. The van der Waals surface area contributed by atoms with Crippen molar-refractivity contribution in [2.24, 2.45) is 0 Å². The third kappa shape index (κ3) is 3.12. The highest BCUT2D eigenvalue weighted by molar-refractivity contribution is 5.82. The number of aromatic amines is 1. The van der Waals surface area contributed by atoms with Crippen molar-refractivity contribution in [3.8, 4) is 5.88 Å². The highest BCUT2D eigenvalue weighted by Crippen LogP contribution is 2.30. The van der Waals surface area contributed by atoms with E-state index < -0.39 is 0 Å². The Morgan fingerprint density at radius 2 is 2.31 bits per heavy atom. The Kier molecular flexibility index (Phi) is 4.50. The molecule has 8 nitrogen and oxygen atoms in total. The normalized spacial score (nSPS) is 20.4. The molecule has 0 radical (unpaired) electrons. The average molecular weight is 356 g/mol. The quantitative estimate of drug-likeness (QED) is 0.729. The molecule has 2 atom stereocenters. The lowest BCUT2D eigenvalue weighted by Crippen LogP contribution is -2.26. The van der Waals surface area contributed by atoms with Gasteiger partial charge in [-0.2, -0.15) is 15.1 Å². The molecule has 0 spiro atoms. The van der Waals surface area contributed by atoms with Crippen LogP contribution >= 0.6 is 0 Å². The van der Waals surface area contributed by atoms with Gasteiger partial charge in [-0.1, -0.05) is 0 Å². The van der Waals surface area contributed by atoms with Crippen LogP contribution in [0.3, 0.4) is 0 Å². The van der Waals surface area contributed by atoms with Crippen LogP contribution in [0.2, 0.25) is 0 Å². The fourth-order valence-corrected chi connectivity index (χ4v) is 3.45. The van der Waals surface area contributed by atoms with Crippen LogP contribution in [0.15, 0.2) is 18.5 Å². The van der Waals surface area contributed by atoms with Gasteiger partial charge in [0.2, 0.25) is 11.8 Å². The van der Waals surface area contributed by atoms with Gasteiger partial charge in [0.1, 0.15) is 5.65 Å². The van der Waals surface area contributed by atoms with Crippen molar-refractivity contribution in [1.29, 1.82) is 0 Å². The van der Waals surface area contributed by atoms with Gasteiger partial charge < -0.3 is 19.8 Å². The lowest BCUT2D eigenvalue weighted by atomic mass is 10.0. The van der Waals surface area contributed by atoms with Crippen molar-refractivity contribution in [3.63, 3.8) is 0 Å². The maximum Gasteiger partial charge on any atom is 0.232 e. The van der Waals surface area contributed by atoms with E-state index in [0.717, 1.165) is 41.9 Å². The molecule has 4 rings (SSSR count). The number of nitrogens with zero attached hydrogens (tertiary/aromatic N) is 4. The first-order chi connectivity index (χ1) is 12.7. The molecule has 3 aromatic heterocycles. The predicted molar refractivity (Wildman–Crippen MR) is 99.0 cm³/mol. The first kappa shape index (κ1) is 16.8. The van der Waals surface area contributed by atoms with Gasteiger partial charge in [-0.05, 0) is 39.7 Å². The predicted octanol–water partition coefficient (Wildman–Crippen LogP) is 3.35. The molecule has 0 amide bonds. The summed E-state index contributed by atoms with van der Waals surface area (Å²) in [6.07, 6.45) is 5.88. The van der Waals surface area contributed by atoms with Crippen LogP contribution in [0.5, 0.6) is 5.88 Å². The van der Waals surface area contributed by atoms with Crippen molar-refractivity contribution >= 4 is 22.7 Å². The van der Waals surface area contributed by atoms with Crippen molar-refractivity contribution in [2.45, 2.75) is 45.8 Å². The van der Waals surface area contributed by atoms with Gasteiger partial charge in [-0.15, -0.1) is 0 Å². The molecule has 138 valence electrons. The maximum absolute atomic E-state index is 5.65. The second-order valence-corrected chi connectivity index (χ2v) is 6.60. The molecule has 8 heteroatoms. The van der Waals surface area contributed by atoms with Gasteiger partial charge in [0.15, 0.2) is 0 Å². The minimum absolute atomic E-state index is 0.265. The second-order valence-electron chi connectivity index (χ2n) is 6.60. The third-order valence-electron chi connectivity index (χ3n) is 4.76. The summed E-state index contributed by atoms with van der Waals surface area (Å²) in [5.41, 5.74) is 2.71. The zero-order valence-corrected chi connectivity index (χ0v) is 15.3. The van der Waals surface area contributed by atoms with Crippen molar-refractivity contribution in [3.05, 3.63) is 24.2 Å². The van der Waals surface area contributed by atoms with Crippen LogP contribution in [-0.2, 0) is 4.74 Å². The number of aromatic nitrogens is 5. The Morgan fingerprint density at radius 1 is 1.42 bits per heavy atom. The van der Waals surface area contributed by atoms with E-state index in [4.69, 9.17) is 9.47 Å². The number of hydrogen-bond donors (Lipinski definition) is 2. The van der Waals surface area contributed by atoms with Crippen LogP contribution in [0.4, 0.5) is 11.6 Å². The summed E-state index contributed by atoms with van der Waals surface area (Å²) >= 11 is 0. The Balaban J connectivity index is 1.60. The molecule has 0 aliphatic carbocycles. The summed E-state index contributed by atoms with van der Waals surface area (Å²) in [5.74, 6) is 1.07. The summed E-state index contributed by atoms with van der Waals surface area (Å²) in [4.78, 5) is 12.2. The number of hydrogen-bond acceptors (Lipinski definition) is 6. The molecule has 4 heterocycles. The van der Waals surface area contributed by atoms with Crippen LogP contribution in [-0.4, -0.2) is 44.1 Å². The third-order valence-corrected chi connectivity index (χ3v) is 4.76. The van der Waals surface area contributed by atoms with Crippen LogP contribution in [0.1, 0.15) is 38.4 Å². The van der Waals surface area contributed by atoms with Crippen molar-refractivity contribution < 1.29 is 9.47 Å². The molecule has 0 saturated carbocycles. The smallest absolute Gasteiger partial charge is 0.232 e. The van der Waals surface area contributed by atoms with Gasteiger partial charge >= 0.3 is 0 Å². The SMILES string of the molecule is CCOc1nc(Nc2cnn(C3CCOC(C)C3)c2C)nc2[nH]ccc12. The number of nitrogens with one attached hydrogen (secondary N) is 2. The summed E-state index contributed by atoms with van der Waals surface area (Å²) in [7, 11) is 0. The fraction of sp³-hybridized carbons (Fsp3) is 0.500. The molecular formula is C18H24N6O2. The molecule has 0 bridgehead atoms. The largest absolute Gasteiger partial charge is 0.477 e. The van der Waals surface area contributed by atoms with Gasteiger partial charge in [0.25, 0.3) is 0 Å². The van der Waals surface area contributed by atoms with Gasteiger partial charge in [0, 0.05) is 12.8 Å². The molecule has 26 heavy (non-hydrogen) atoms. The summed E-state index contributed by atoms with van der Waals surface area (Å²) in [6, 6.07) is 2.28. The molecular weight excluding hydrogens is 332 g/mol. The van der Waals surface area contributed by atoms with Crippen LogP contribution in [0.25, 0.3) is 11.0 Å². The molecule has 1 aliphatic rings. The van der Waals surface area contributed by atoms with E-state index in [9.17, 15) is 0 Å². The Hall–Kier alpha value is -2.61. The Morgan fingerprint density at radius 3 is 3.12 bits per heavy atom. The van der Waals surface area contributed by atoms with Gasteiger partial charge in [0.05, 0.1) is 41.7 Å². The van der Waals surface area contributed by atoms with E-state index >= 15 is 0 Å².